The van der Waals surface area contributed by atoms with Crippen LogP contribution in [0.3, 0.4) is 0 Å². The molecule has 0 saturated heterocycles. The van der Waals surface area contributed by atoms with Crippen LogP contribution in [0.4, 0.5) is 0 Å². The molecule has 108 valence electrons. The highest BCUT2D eigenvalue weighted by Gasteiger charge is 2.06. The van der Waals surface area contributed by atoms with Gasteiger partial charge in [-0.2, -0.15) is 0 Å². The fourth-order valence-corrected chi connectivity index (χ4v) is 2.05. The molecule has 0 aliphatic heterocycles. The summed E-state index contributed by atoms with van der Waals surface area (Å²) in [6.45, 7) is 2.27. The Morgan fingerprint density at radius 1 is 1.00 bits per heavy atom. The highest BCUT2D eigenvalue weighted by molar-refractivity contribution is 5.83. The van der Waals surface area contributed by atoms with E-state index in [4.69, 9.17) is 4.74 Å². The van der Waals surface area contributed by atoms with Gasteiger partial charge in [0, 0.05) is 6.42 Å². The molecule has 0 aliphatic carbocycles. The summed E-state index contributed by atoms with van der Waals surface area (Å²) in [6.07, 6.45) is 3.34. The summed E-state index contributed by atoms with van der Waals surface area (Å²) in [6, 6.07) is 20.1. The van der Waals surface area contributed by atoms with Crippen LogP contribution in [0, 0.1) is 0 Å². The Bertz CT molecular complexity index is 585. The highest BCUT2D eigenvalue weighted by atomic mass is 16.5. The molecule has 0 aromatic heterocycles. The summed E-state index contributed by atoms with van der Waals surface area (Å²) >= 11 is 0. The molecule has 0 amide bonds. The van der Waals surface area contributed by atoms with Crippen LogP contribution >= 0.6 is 0 Å². The normalized spacial score (nSPS) is 11.2. The van der Waals surface area contributed by atoms with Gasteiger partial charge in [-0.05, 0) is 29.2 Å². The Balaban J connectivity index is 2.19. The van der Waals surface area contributed by atoms with Crippen LogP contribution in [-0.2, 0) is 9.53 Å². The predicted molar refractivity (Wildman–Crippen MR) is 86.6 cm³/mol. The average Bonchev–Trinajstić information content (AvgIpc) is 2.53. The lowest BCUT2D eigenvalue weighted by Gasteiger charge is -2.09. The molecular weight excluding hydrogens is 260 g/mol. The summed E-state index contributed by atoms with van der Waals surface area (Å²) in [5.41, 5.74) is 3.18. The van der Waals surface area contributed by atoms with E-state index in [0.717, 1.165) is 23.1 Å². The Labute approximate surface area is 126 Å². The molecule has 0 saturated carbocycles. The summed E-state index contributed by atoms with van der Waals surface area (Å²) < 4.78 is 5.36. The van der Waals surface area contributed by atoms with E-state index in [2.05, 4.69) is 6.08 Å². The van der Waals surface area contributed by atoms with E-state index in [0.29, 0.717) is 13.0 Å². The van der Waals surface area contributed by atoms with Crippen molar-refractivity contribution in [3.05, 3.63) is 71.8 Å². The van der Waals surface area contributed by atoms with Crippen LogP contribution in [0.1, 0.15) is 30.9 Å². The first-order valence-corrected chi connectivity index (χ1v) is 7.26. The van der Waals surface area contributed by atoms with Crippen molar-refractivity contribution in [2.24, 2.45) is 0 Å². The third-order valence-corrected chi connectivity index (χ3v) is 3.13. The minimum absolute atomic E-state index is 0.146. The Morgan fingerprint density at radius 2 is 1.62 bits per heavy atom. The van der Waals surface area contributed by atoms with Crippen molar-refractivity contribution in [2.45, 2.75) is 19.8 Å². The van der Waals surface area contributed by atoms with E-state index in [1.807, 2.05) is 67.6 Å². The first-order valence-electron chi connectivity index (χ1n) is 7.26. The zero-order valence-electron chi connectivity index (χ0n) is 12.3. The lowest BCUT2D eigenvalue weighted by Crippen LogP contribution is -2.06. The second-order valence-corrected chi connectivity index (χ2v) is 4.86. The molecular formula is C19H20O2. The molecule has 0 spiro atoms. The summed E-state index contributed by atoms with van der Waals surface area (Å²) in [5.74, 6) is -0.146. The van der Waals surface area contributed by atoms with Gasteiger partial charge in [0.15, 0.2) is 0 Å². The summed E-state index contributed by atoms with van der Waals surface area (Å²) in [5, 5.41) is 0. The van der Waals surface area contributed by atoms with E-state index in [9.17, 15) is 4.79 Å². The fourth-order valence-electron chi connectivity index (χ4n) is 2.05. The van der Waals surface area contributed by atoms with E-state index < -0.39 is 0 Å². The molecule has 2 heteroatoms. The predicted octanol–water partition coefficient (Wildman–Crippen LogP) is 4.57. The van der Waals surface area contributed by atoms with Gasteiger partial charge in [0.2, 0.25) is 0 Å². The minimum atomic E-state index is -0.146. The van der Waals surface area contributed by atoms with Crippen molar-refractivity contribution < 1.29 is 9.53 Å². The van der Waals surface area contributed by atoms with Crippen LogP contribution in [0.2, 0.25) is 0 Å². The summed E-state index contributed by atoms with van der Waals surface area (Å²) in [4.78, 5) is 11.6. The summed E-state index contributed by atoms with van der Waals surface area (Å²) in [7, 11) is 0. The smallest absolute Gasteiger partial charge is 0.306 e. The van der Waals surface area contributed by atoms with Crippen LogP contribution in [0.25, 0.3) is 11.6 Å². The molecule has 2 aromatic rings. The van der Waals surface area contributed by atoms with Gasteiger partial charge in [-0.1, -0.05) is 67.6 Å². The lowest BCUT2D eigenvalue weighted by atomic mass is 10.0. The second kappa shape index (κ2) is 8.05. The average molecular weight is 280 g/mol. The number of esters is 1. The van der Waals surface area contributed by atoms with Crippen molar-refractivity contribution >= 4 is 17.6 Å². The minimum Gasteiger partial charge on any atom is -0.461 e. The zero-order valence-corrected chi connectivity index (χ0v) is 12.3. The van der Waals surface area contributed by atoms with Crippen molar-refractivity contribution in [3.8, 4) is 0 Å². The first-order chi connectivity index (χ1) is 10.3. The topological polar surface area (TPSA) is 26.3 Å². The molecule has 21 heavy (non-hydrogen) atoms. The molecule has 0 unspecified atom stereocenters. The third kappa shape index (κ3) is 4.92. The molecule has 0 heterocycles. The van der Waals surface area contributed by atoms with Gasteiger partial charge >= 0.3 is 5.97 Å². The molecule has 0 atom stereocenters. The molecule has 0 radical (unpaired) electrons. The molecule has 2 rings (SSSR count). The van der Waals surface area contributed by atoms with Gasteiger partial charge in [0.05, 0.1) is 0 Å². The van der Waals surface area contributed by atoms with Crippen LogP contribution in [0.15, 0.2) is 60.7 Å². The molecule has 2 aromatic carbocycles. The fraction of sp³-hybridized carbons (Fsp3) is 0.211. The maximum absolute atomic E-state index is 11.6. The molecule has 0 fully saturated rings. The monoisotopic (exact) mass is 280 g/mol. The van der Waals surface area contributed by atoms with Gasteiger partial charge < -0.3 is 4.74 Å². The van der Waals surface area contributed by atoms with Gasteiger partial charge in [-0.25, -0.2) is 0 Å². The van der Waals surface area contributed by atoms with Crippen LogP contribution < -0.4 is 0 Å². The maximum Gasteiger partial charge on any atom is 0.306 e. The first kappa shape index (κ1) is 15.0. The van der Waals surface area contributed by atoms with Crippen molar-refractivity contribution in [2.75, 3.05) is 6.61 Å². The molecule has 0 bridgehead atoms. The van der Waals surface area contributed by atoms with Gasteiger partial charge in [-0.3, -0.25) is 4.79 Å². The van der Waals surface area contributed by atoms with Gasteiger partial charge in [0.1, 0.15) is 6.61 Å². The van der Waals surface area contributed by atoms with Crippen molar-refractivity contribution in [1.82, 2.24) is 0 Å². The molecule has 0 aliphatic rings. The Morgan fingerprint density at radius 3 is 2.24 bits per heavy atom. The number of carbonyl (C=O) groups is 1. The maximum atomic E-state index is 11.6. The zero-order chi connectivity index (χ0) is 14.9. The second-order valence-electron chi connectivity index (χ2n) is 4.86. The number of ether oxygens (including phenoxy) is 1. The van der Waals surface area contributed by atoms with E-state index in [-0.39, 0.29) is 5.97 Å². The number of benzene rings is 2. The molecule has 2 nitrogen and oxygen atoms in total. The molecule has 0 N–H and O–H groups in total. The van der Waals surface area contributed by atoms with E-state index in [1.54, 1.807) is 0 Å². The lowest BCUT2D eigenvalue weighted by molar-refractivity contribution is -0.142. The standard InChI is InChI=1S/C19H20O2/c1-2-9-19(20)21-15-18(17-12-7-4-8-13-17)14-16-10-5-3-6-11-16/h3-8,10-14H,2,9,15H2,1H3. The van der Waals surface area contributed by atoms with Crippen LogP contribution in [0.5, 0.6) is 0 Å². The SMILES string of the molecule is CCCC(=O)OCC(=Cc1ccccc1)c1ccccc1. The largest absolute Gasteiger partial charge is 0.461 e. The Kier molecular flexibility index (Phi) is 5.77. The number of hydrogen-bond acceptors (Lipinski definition) is 2. The quantitative estimate of drug-likeness (QED) is 0.572. The third-order valence-electron chi connectivity index (χ3n) is 3.13. The number of rotatable bonds is 6. The van der Waals surface area contributed by atoms with Gasteiger partial charge in [0.25, 0.3) is 0 Å². The van der Waals surface area contributed by atoms with Crippen LogP contribution in [-0.4, -0.2) is 12.6 Å². The number of hydrogen-bond donors (Lipinski definition) is 0. The van der Waals surface area contributed by atoms with Crippen molar-refractivity contribution in [1.29, 1.82) is 0 Å². The number of carbonyl (C=O) groups excluding carboxylic acids is 1. The van der Waals surface area contributed by atoms with E-state index in [1.165, 1.54) is 0 Å². The van der Waals surface area contributed by atoms with Gasteiger partial charge in [-0.15, -0.1) is 0 Å². The Hall–Kier alpha value is -2.35. The van der Waals surface area contributed by atoms with Crippen molar-refractivity contribution in [3.63, 3.8) is 0 Å². The highest BCUT2D eigenvalue weighted by Crippen LogP contribution is 2.18. The van der Waals surface area contributed by atoms with E-state index >= 15 is 0 Å².